The summed E-state index contributed by atoms with van der Waals surface area (Å²) >= 11 is 0. The van der Waals surface area contributed by atoms with E-state index in [0.29, 0.717) is 24.0 Å². The summed E-state index contributed by atoms with van der Waals surface area (Å²) in [6.45, 7) is 3.47. The van der Waals surface area contributed by atoms with Crippen molar-refractivity contribution in [2.75, 3.05) is 6.61 Å². The lowest BCUT2D eigenvalue weighted by Gasteiger charge is -2.34. The maximum atomic E-state index is 13.5. The number of aliphatic hydroxyl groups excluding tert-OH is 1. The molecule has 0 saturated carbocycles. The van der Waals surface area contributed by atoms with Crippen LogP contribution in [-0.4, -0.2) is 34.9 Å². The van der Waals surface area contributed by atoms with Gasteiger partial charge in [-0.05, 0) is 12.8 Å². The van der Waals surface area contributed by atoms with E-state index >= 15 is 0 Å². The number of fused-ring (bicyclic) bond motifs is 1. The maximum Gasteiger partial charge on any atom is 0.333 e. The van der Waals surface area contributed by atoms with Crippen LogP contribution in [0.25, 0.3) is 0 Å². The predicted octanol–water partition coefficient (Wildman–Crippen LogP) is 5.68. The van der Waals surface area contributed by atoms with Crippen molar-refractivity contribution in [1.82, 2.24) is 0 Å². The largest absolute Gasteiger partial charge is 0.440 e. The Bertz CT molecular complexity index is 704. The molecular formula is C26H38O5. The minimum atomic E-state index is -1.83. The summed E-state index contributed by atoms with van der Waals surface area (Å²) in [5, 5.41) is 9.33. The normalized spacial score (nSPS) is 15.7. The third-order valence-corrected chi connectivity index (χ3v) is 6.38. The van der Waals surface area contributed by atoms with E-state index in [-0.39, 0.29) is 5.92 Å². The summed E-state index contributed by atoms with van der Waals surface area (Å²) in [5.74, 6) is -2.16. The van der Waals surface area contributed by atoms with Gasteiger partial charge in [0, 0.05) is 17.0 Å². The number of hydrogen-bond donors (Lipinski definition) is 1. The van der Waals surface area contributed by atoms with Crippen LogP contribution in [0, 0.1) is 5.92 Å². The number of carbonyl (C=O) groups excluding carboxylic acids is 3. The fourth-order valence-corrected chi connectivity index (χ4v) is 4.68. The third kappa shape index (κ3) is 6.03. The molecule has 1 aromatic carbocycles. The van der Waals surface area contributed by atoms with E-state index < -0.39 is 29.7 Å². The van der Waals surface area contributed by atoms with Gasteiger partial charge in [0.05, 0.1) is 0 Å². The van der Waals surface area contributed by atoms with Crippen LogP contribution in [0.4, 0.5) is 0 Å². The zero-order valence-corrected chi connectivity index (χ0v) is 19.2. The highest BCUT2D eigenvalue weighted by Crippen LogP contribution is 2.43. The summed E-state index contributed by atoms with van der Waals surface area (Å²) in [6.07, 6.45) is 12.0. The predicted molar refractivity (Wildman–Crippen MR) is 121 cm³/mol. The van der Waals surface area contributed by atoms with Crippen LogP contribution < -0.4 is 0 Å². The van der Waals surface area contributed by atoms with Crippen molar-refractivity contribution >= 4 is 17.5 Å². The number of unbranched alkanes of at least 4 members (excludes halogenated alkanes) is 8. The Balaban J connectivity index is 2.29. The van der Waals surface area contributed by atoms with Gasteiger partial charge in [0.1, 0.15) is 6.61 Å². The molecule has 5 heteroatoms. The lowest BCUT2D eigenvalue weighted by Crippen LogP contribution is -2.52. The van der Waals surface area contributed by atoms with Gasteiger partial charge < -0.3 is 9.84 Å². The molecule has 1 aliphatic carbocycles. The van der Waals surface area contributed by atoms with E-state index in [1.165, 1.54) is 19.3 Å². The zero-order chi connectivity index (χ0) is 22.7. The van der Waals surface area contributed by atoms with E-state index in [2.05, 4.69) is 13.8 Å². The fourth-order valence-electron chi connectivity index (χ4n) is 4.68. The highest BCUT2D eigenvalue weighted by atomic mass is 16.6. The van der Waals surface area contributed by atoms with E-state index in [4.69, 9.17) is 4.74 Å². The molecule has 31 heavy (non-hydrogen) atoms. The minimum Gasteiger partial charge on any atom is -0.440 e. The molecule has 172 valence electrons. The van der Waals surface area contributed by atoms with Gasteiger partial charge in [-0.3, -0.25) is 9.59 Å². The molecule has 5 nitrogen and oxygen atoms in total. The molecular weight excluding hydrogens is 392 g/mol. The van der Waals surface area contributed by atoms with Crippen LogP contribution in [-0.2, 0) is 9.53 Å². The Labute approximate surface area is 186 Å². The quantitative estimate of drug-likeness (QED) is 0.220. The van der Waals surface area contributed by atoms with Crippen molar-refractivity contribution in [2.45, 2.75) is 96.5 Å². The van der Waals surface area contributed by atoms with Crippen LogP contribution in [0.15, 0.2) is 24.3 Å². The van der Waals surface area contributed by atoms with E-state index in [9.17, 15) is 19.5 Å². The molecule has 0 fully saturated rings. The number of benzene rings is 1. The molecule has 1 N–H and O–H groups in total. The van der Waals surface area contributed by atoms with Gasteiger partial charge in [0.2, 0.25) is 17.2 Å². The topological polar surface area (TPSA) is 80.7 Å². The van der Waals surface area contributed by atoms with Crippen molar-refractivity contribution in [3.63, 3.8) is 0 Å². The monoisotopic (exact) mass is 430 g/mol. The highest BCUT2D eigenvalue weighted by molar-refractivity contribution is 6.32. The average molecular weight is 431 g/mol. The van der Waals surface area contributed by atoms with Crippen LogP contribution in [0.3, 0.4) is 0 Å². The minimum absolute atomic E-state index is 0.319. The van der Waals surface area contributed by atoms with Gasteiger partial charge in [-0.2, -0.15) is 0 Å². The second-order valence-electron chi connectivity index (χ2n) is 8.67. The van der Waals surface area contributed by atoms with Gasteiger partial charge in [-0.25, -0.2) is 4.79 Å². The number of ketones is 2. The first-order valence-electron chi connectivity index (χ1n) is 12.0. The van der Waals surface area contributed by atoms with E-state index in [0.717, 1.165) is 44.9 Å². The maximum absolute atomic E-state index is 13.5. The highest BCUT2D eigenvalue weighted by Gasteiger charge is 2.60. The fraction of sp³-hybridized carbons (Fsp3) is 0.654. The SMILES string of the molecule is CCCCCCCCC(CCCCCC)C1(OC(=O)CO)C(=O)c2ccccc2C1=O. The molecule has 0 radical (unpaired) electrons. The number of Topliss-reactive ketones (excluding diaryl/α,β-unsaturated/α-hetero) is 2. The summed E-state index contributed by atoms with van der Waals surface area (Å²) in [4.78, 5) is 39.2. The third-order valence-electron chi connectivity index (χ3n) is 6.38. The lowest BCUT2D eigenvalue weighted by molar-refractivity contribution is -0.159. The number of aliphatic hydroxyl groups is 1. The molecule has 0 aliphatic heterocycles. The number of carbonyl (C=O) groups is 3. The lowest BCUT2D eigenvalue weighted by atomic mass is 9.76. The molecule has 0 bridgehead atoms. The summed E-state index contributed by atoms with van der Waals surface area (Å²) in [5.41, 5.74) is -1.20. The van der Waals surface area contributed by atoms with Gasteiger partial charge in [-0.1, -0.05) is 102 Å². The Morgan fingerprint density at radius 3 is 1.77 bits per heavy atom. The Hall–Kier alpha value is -2.01. The van der Waals surface area contributed by atoms with Crippen molar-refractivity contribution in [3.05, 3.63) is 35.4 Å². The van der Waals surface area contributed by atoms with Crippen LogP contribution >= 0.6 is 0 Å². The van der Waals surface area contributed by atoms with Crippen molar-refractivity contribution < 1.29 is 24.2 Å². The molecule has 1 unspecified atom stereocenters. The Morgan fingerprint density at radius 1 is 0.839 bits per heavy atom. The van der Waals surface area contributed by atoms with Crippen molar-refractivity contribution in [1.29, 1.82) is 0 Å². The second kappa shape index (κ2) is 12.7. The van der Waals surface area contributed by atoms with Crippen molar-refractivity contribution in [3.8, 4) is 0 Å². The van der Waals surface area contributed by atoms with E-state index in [1.807, 2.05) is 0 Å². The molecule has 0 saturated heterocycles. The Morgan fingerprint density at radius 2 is 1.29 bits per heavy atom. The van der Waals surface area contributed by atoms with Gasteiger partial charge in [0.25, 0.3) is 0 Å². The average Bonchev–Trinajstić information content (AvgIpc) is 3.00. The second-order valence-corrected chi connectivity index (χ2v) is 8.67. The molecule has 0 heterocycles. The smallest absolute Gasteiger partial charge is 0.333 e. The first-order chi connectivity index (χ1) is 15.0. The molecule has 1 atom stereocenters. The number of hydrogen-bond acceptors (Lipinski definition) is 5. The van der Waals surface area contributed by atoms with Gasteiger partial charge in [-0.15, -0.1) is 0 Å². The first-order valence-corrected chi connectivity index (χ1v) is 12.0. The number of esters is 1. The van der Waals surface area contributed by atoms with E-state index in [1.54, 1.807) is 24.3 Å². The molecule has 2 rings (SSSR count). The first kappa shape index (κ1) is 25.3. The molecule has 0 amide bonds. The van der Waals surface area contributed by atoms with Gasteiger partial charge >= 0.3 is 5.97 Å². The van der Waals surface area contributed by atoms with Gasteiger partial charge in [0.15, 0.2) is 0 Å². The number of ether oxygens (including phenoxy) is 1. The molecule has 1 aromatic rings. The zero-order valence-electron chi connectivity index (χ0n) is 19.2. The van der Waals surface area contributed by atoms with Crippen LogP contribution in [0.1, 0.15) is 112 Å². The summed E-state index contributed by atoms with van der Waals surface area (Å²) < 4.78 is 5.58. The van der Waals surface area contributed by atoms with Crippen LogP contribution in [0.5, 0.6) is 0 Å². The number of rotatable bonds is 15. The molecule has 1 aliphatic rings. The van der Waals surface area contributed by atoms with Crippen LogP contribution in [0.2, 0.25) is 0 Å². The summed E-state index contributed by atoms with van der Waals surface area (Å²) in [7, 11) is 0. The Kier molecular flexibility index (Phi) is 10.4. The van der Waals surface area contributed by atoms with Crippen molar-refractivity contribution in [2.24, 2.45) is 5.92 Å². The summed E-state index contributed by atoms with van der Waals surface area (Å²) in [6, 6.07) is 6.70. The molecule has 0 aromatic heterocycles. The molecule has 0 spiro atoms. The standard InChI is InChI=1S/C26H38O5/c1-3-5-7-9-10-12-16-20(15-11-8-6-4-2)26(31-23(28)19-27)24(29)21-17-13-14-18-22(21)25(26)30/h13-14,17-18,20,27H,3-12,15-16,19H2,1-2H3.